The molecule has 0 unspecified atom stereocenters. The number of hydrogen-bond acceptors (Lipinski definition) is 3. The van der Waals surface area contributed by atoms with Crippen LogP contribution in [0.4, 0.5) is 5.69 Å². The molecule has 0 saturated carbocycles. The van der Waals surface area contributed by atoms with E-state index in [4.69, 9.17) is 0 Å². The molecule has 0 aliphatic rings. The van der Waals surface area contributed by atoms with Crippen molar-refractivity contribution < 1.29 is 4.79 Å². The van der Waals surface area contributed by atoms with Gasteiger partial charge in [0.2, 0.25) is 0 Å². The smallest absolute Gasteiger partial charge is 0.255 e. The van der Waals surface area contributed by atoms with Crippen LogP contribution in [0, 0.1) is 11.8 Å². The van der Waals surface area contributed by atoms with Crippen molar-refractivity contribution >= 4 is 22.9 Å². The molecule has 4 aromatic rings. The van der Waals surface area contributed by atoms with E-state index in [0.717, 1.165) is 16.1 Å². The Labute approximate surface area is 161 Å². The van der Waals surface area contributed by atoms with Crippen LogP contribution >= 0.6 is 11.3 Å². The van der Waals surface area contributed by atoms with Crippen LogP contribution in [0.25, 0.3) is 5.69 Å². The Morgan fingerprint density at radius 2 is 1.89 bits per heavy atom. The van der Waals surface area contributed by atoms with Crippen molar-refractivity contribution in [3.05, 3.63) is 101 Å². The Morgan fingerprint density at radius 1 is 1.00 bits per heavy atom. The fraction of sp³-hybridized carbons (Fsp3) is 0. The third-order valence-electron chi connectivity index (χ3n) is 3.87. The first-order valence-electron chi connectivity index (χ1n) is 8.35. The number of carbonyl (C=O) groups excluding carboxylic acids is 1. The number of anilines is 1. The van der Waals surface area contributed by atoms with E-state index in [0.29, 0.717) is 11.3 Å². The SMILES string of the molecule is O=C(Nc1cccc(C#Cc2cccs2)c1)c1ccc(-n2cccn2)cc1. The number of amides is 1. The van der Waals surface area contributed by atoms with Crippen LogP contribution in [0.15, 0.2) is 84.5 Å². The Morgan fingerprint density at radius 3 is 2.63 bits per heavy atom. The molecule has 0 radical (unpaired) electrons. The number of rotatable bonds is 3. The van der Waals surface area contributed by atoms with Gasteiger partial charge in [0, 0.05) is 29.2 Å². The summed E-state index contributed by atoms with van der Waals surface area (Å²) in [6.07, 6.45) is 3.58. The minimum Gasteiger partial charge on any atom is -0.322 e. The molecule has 0 bridgehead atoms. The minimum atomic E-state index is -0.162. The zero-order valence-corrected chi connectivity index (χ0v) is 15.1. The van der Waals surface area contributed by atoms with Crippen molar-refractivity contribution in [1.29, 1.82) is 0 Å². The zero-order chi connectivity index (χ0) is 18.5. The number of nitrogens with zero attached hydrogens (tertiary/aromatic N) is 2. The van der Waals surface area contributed by atoms with Crippen molar-refractivity contribution in [2.24, 2.45) is 0 Å². The molecule has 130 valence electrons. The lowest BCUT2D eigenvalue weighted by Gasteiger charge is -2.07. The summed E-state index contributed by atoms with van der Waals surface area (Å²) < 4.78 is 1.75. The van der Waals surface area contributed by atoms with E-state index >= 15 is 0 Å². The van der Waals surface area contributed by atoms with Gasteiger partial charge >= 0.3 is 0 Å². The highest BCUT2D eigenvalue weighted by atomic mass is 32.1. The molecule has 5 heteroatoms. The molecule has 4 rings (SSSR count). The predicted octanol–water partition coefficient (Wildman–Crippen LogP) is 4.59. The first-order valence-corrected chi connectivity index (χ1v) is 9.23. The molecule has 1 amide bonds. The highest BCUT2D eigenvalue weighted by molar-refractivity contribution is 7.10. The Kier molecular flexibility index (Phi) is 4.82. The first kappa shape index (κ1) is 16.8. The fourth-order valence-electron chi connectivity index (χ4n) is 2.55. The zero-order valence-electron chi connectivity index (χ0n) is 14.3. The minimum absolute atomic E-state index is 0.162. The summed E-state index contributed by atoms with van der Waals surface area (Å²) in [4.78, 5) is 13.5. The summed E-state index contributed by atoms with van der Waals surface area (Å²) >= 11 is 1.60. The van der Waals surface area contributed by atoms with Gasteiger partial charge in [-0.15, -0.1) is 11.3 Å². The highest BCUT2D eigenvalue weighted by Crippen LogP contribution is 2.14. The maximum atomic E-state index is 12.5. The van der Waals surface area contributed by atoms with Crippen LogP contribution in [-0.2, 0) is 0 Å². The van der Waals surface area contributed by atoms with Gasteiger partial charge in [0.25, 0.3) is 5.91 Å². The summed E-state index contributed by atoms with van der Waals surface area (Å²) in [6.45, 7) is 0. The molecule has 0 aliphatic heterocycles. The number of benzene rings is 2. The largest absolute Gasteiger partial charge is 0.322 e. The van der Waals surface area contributed by atoms with Gasteiger partial charge in [0.05, 0.1) is 10.6 Å². The Bertz CT molecular complexity index is 1100. The topological polar surface area (TPSA) is 46.9 Å². The van der Waals surface area contributed by atoms with E-state index in [1.165, 1.54) is 0 Å². The summed E-state index contributed by atoms with van der Waals surface area (Å²) in [6, 6.07) is 20.6. The van der Waals surface area contributed by atoms with E-state index in [9.17, 15) is 4.79 Å². The molecule has 0 aliphatic carbocycles. The molecule has 0 atom stereocenters. The molecule has 2 aromatic carbocycles. The van der Waals surface area contributed by atoms with Crippen LogP contribution in [0.2, 0.25) is 0 Å². The maximum absolute atomic E-state index is 12.5. The number of thiophene rings is 1. The van der Waals surface area contributed by atoms with Gasteiger partial charge in [-0.2, -0.15) is 5.10 Å². The molecule has 0 saturated heterocycles. The number of carbonyl (C=O) groups is 1. The molecular weight excluding hydrogens is 354 g/mol. The van der Waals surface area contributed by atoms with Crippen molar-refractivity contribution in [1.82, 2.24) is 9.78 Å². The lowest BCUT2D eigenvalue weighted by Crippen LogP contribution is -2.12. The van der Waals surface area contributed by atoms with Crippen LogP contribution in [0.3, 0.4) is 0 Å². The van der Waals surface area contributed by atoms with Gasteiger partial charge in [-0.05, 0) is 60.0 Å². The normalized spacial score (nSPS) is 10.1. The van der Waals surface area contributed by atoms with Crippen molar-refractivity contribution in [2.75, 3.05) is 5.32 Å². The van der Waals surface area contributed by atoms with Gasteiger partial charge in [-0.1, -0.05) is 24.0 Å². The van der Waals surface area contributed by atoms with Gasteiger partial charge in [0.1, 0.15) is 0 Å². The molecule has 1 N–H and O–H groups in total. The lowest BCUT2D eigenvalue weighted by atomic mass is 10.1. The average molecular weight is 369 g/mol. The number of aromatic nitrogens is 2. The summed E-state index contributed by atoms with van der Waals surface area (Å²) in [7, 11) is 0. The maximum Gasteiger partial charge on any atom is 0.255 e. The van der Waals surface area contributed by atoms with Gasteiger partial charge < -0.3 is 5.32 Å². The van der Waals surface area contributed by atoms with Crippen molar-refractivity contribution in [3.8, 4) is 17.5 Å². The van der Waals surface area contributed by atoms with Crippen molar-refractivity contribution in [3.63, 3.8) is 0 Å². The molecule has 2 aromatic heterocycles. The van der Waals surface area contributed by atoms with Crippen LogP contribution in [-0.4, -0.2) is 15.7 Å². The fourth-order valence-corrected chi connectivity index (χ4v) is 3.12. The van der Waals surface area contributed by atoms with Gasteiger partial charge in [-0.3, -0.25) is 4.79 Å². The Balaban J connectivity index is 1.47. The summed E-state index contributed by atoms with van der Waals surface area (Å²) in [5, 5.41) is 9.10. The number of hydrogen-bond donors (Lipinski definition) is 1. The molecule has 27 heavy (non-hydrogen) atoms. The molecule has 4 nitrogen and oxygen atoms in total. The molecule has 0 fully saturated rings. The first-order chi connectivity index (χ1) is 13.3. The van der Waals surface area contributed by atoms with E-state index < -0.39 is 0 Å². The third-order valence-corrected chi connectivity index (χ3v) is 4.66. The van der Waals surface area contributed by atoms with Gasteiger partial charge in [0.15, 0.2) is 0 Å². The average Bonchev–Trinajstić information content (AvgIpc) is 3.41. The number of nitrogens with one attached hydrogen (secondary N) is 1. The predicted molar refractivity (Wildman–Crippen MR) is 108 cm³/mol. The van der Waals surface area contributed by atoms with E-state index in [1.54, 1.807) is 34.3 Å². The molecule has 0 spiro atoms. The van der Waals surface area contributed by atoms with Gasteiger partial charge in [-0.25, -0.2) is 4.68 Å². The summed E-state index contributed by atoms with van der Waals surface area (Å²) in [5.41, 5.74) is 3.06. The van der Waals surface area contributed by atoms with Crippen LogP contribution < -0.4 is 5.32 Å². The van der Waals surface area contributed by atoms with E-state index in [1.807, 2.05) is 66.2 Å². The monoisotopic (exact) mass is 369 g/mol. The quantitative estimate of drug-likeness (QED) is 0.537. The van der Waals surface area contributed by atoms with Crippen LogP contribution in [0.1, 0.15) is 20.8 Å². The second kappa shape index (κ2) is 7.73. The lowest BCUT2D eigenvalue weighted by molar-refractivity contribution is 0.102. The molecular formula is C22H15N3OS. The second-order valence-corrected chi connectivity index (χ2v) is 6.71. The molecule has 2 heterocycles. The van der Waals surface area contributed by atoms with Crippen molar-refractivity contribution in [2.45, 2.75) is 0 Å². The third kappa shape index (κ3) is 4.14. The standard InChI is InChI=1S/C22H15N3OS/c26-22(18-8-10-20(11-9-18)25-14-3-13-23-25)24-19-5-1-4-17(16-19)7-12-21-6-2-15-27-21/h1-6,8-11,13-16H,(H,24,26). The van der Waals surface area contributed by atoms with Crippen LogP contribution in [0.5, 0.6) is 0 Å². The highest BCUT2D eigenvalue weighted by Gasteiger charge is 2.07. The van der Waals surface area contributed by atoms with E-state index in [-0.39, 0.29) is 5.91 Å². The second-order valence-electron chi connectivity index (χ2n) is 5.76. The Hall–Kier alpha value is -3.62. The summed E-state index contributed by atoms with van der Waals surface area (Å²) in [5.74, 6) is 6.08. The van der Waals surface area contributed by atoms with E-state index in [2.05, 4.69) is 22.3 Å².